The summed E-state index contributed by atoms with van der Waals surface area (Å²) in [6.07, 6.45) is -6.09. The molecule has 0 bridgehead atoms. The van der Waals surface area contributed by atoms with Gasteiger partial charge in [0, 0.05) is 69.4 Å². The number of ketones is 2. The number of piperidine rings is 1. The molecule has 2 saturated heterocycles. The number of aliphatic hydroxyl groups is 6. The van der Waals surface area contributed by atoms with Crippen LogP contribution in [0.2, 0.25) is 0 Å². The molecule has 19 heteroatoms. The van der Waals surface area contributed by atoms with Gasteiger partial charge in [-0.05, 0) is 42.9 Å². The normalized spacial score (nSPS) is 43.5. The van der Waals surface area contributed by atoms with Crippen molar-refractivity contribution in [3.05, 3.63) is 12.2 Å². The van der Waals surface area contributed by atoms with Gasteiger partial charge in [-0.15, -0.1) is 0 Å². The number of aliphatic hydroxyl groups excluding tert-OH is 5. The number of nitrogens with two attached hydrogens (primary N) is 3. The Morgan fingerprint density at radius 2 is 1.75 bits per heavy atom. The molecule has 0 aromatic heterocycles. The van der Waals surface area contributed by atoms with Crippen molar-refractivity contribution >= 4 is 29.3 Å². The summed E-state index contributed by atoms with van der Waals surface area (Å²) < 4.78 is 18.5. The van der Waals surface area contributed by atoms with Crippen LogP contribution in [0, 0.1) is 53.3 Å². The first-order valence-electron chi connectivity index (χ1n) is 21.6. The minimum atomic E-state index is -2.30. The minimum absolute atomic E-state index is 0.0918. The average molecular weight is 853 g/mol. The van der Waals surface area contributed by atoms with Crippen molar-refractivity contribution < 1.29 is 74.3 Å². The number of hydrogen-bond acceptors (Lipinski definition) is 14. The Hall–Kier alpha value is -2.95. The summed E-state index contributed by atoms with van der Waals surface area (Å²) in [5.41, 5.74) is 10.0. The topological polar surface area (TPSA) is 315 Å². The third-order valence-corrected chi connectivity index (χ3v) is 14.9. The van der Waals surface area contributed by atoms with Gasteiger partial charge < -0.3 is 50.2 Å². The lowest BCUT2D eigenvalue weighted by atomic mass is 9.50. The molecule has 338 valence electrons. The first-order valence-corrected chi connectivity index (χ1v) is 21.6. The van der Waals surface area contributed by atoms with E-state index in [2.05, 4.69) is 10.3 Å². The summed E-state index contributed by atoms with van der Waals surface area (Å²) in [7, 11) is 3.13. The van der Waals surface area contributed by atoms with E-state index in [1.165, 1.54) is 7.11 Å². The average Bonchev–Trinajstić information content (AvgIpc) is 3.54. The Bertz CT molecular complexity index is 1610. The number of fused-ring (bicyclic) bond motifs is 2. The number of Topliss-reactive ketones (excluding diaryl/α,β-unsaturated/α-hetero) is 2. The minimum Gasteiger partial charge on any atom is -0.396 e. The number of hydrogen-bond donors (Lipinski definition) is 11. The second-order valence-electron chi connectivity index (χ2n) is 18.1. The van der Waals surface area contributed by atoms with Gasteiger partial charge in [0.05, 0.1) is 56.4 Å². The van der Waals surface area contributed by atoms with Gasteiger partial charge in [-0.3, -0.25) is 45.9 Å². The number of amides is 2. The van der Waals surface area contributed by atoms with E-state index in [9.17, 15) is 49.8 Å². The highest BCUT2D eigenvalue weighted by molar-refractivity contribution is 6.12. The monoisotopic (exact) mass is 852 g/mol. The Balaban J connectivity index is 1.28. The zero-order valence-corrected chi connectivity index (χ0v) is 35.0. The Labute approximate surface area is 350 Å². The molecule has 6 aliphatic rings. The zero-order chi connectivity index (χ0) is 43.8. The molecular weight excluding hydrogens is 784 g/mol. The molecule has 5 fully saturated rings. The highest BCUT2D eigenvalue weighted by atomic mass is 16.7. The largest absolute Gasteiger partial charge is 0.396 e. The maximum Gasteiger partial charge on any atom is 0.341 e. The number of carbonyl (C=O) groups excluding carboxylic acids is 4. The number of guanidine groups is 1. The maximum atomic E-state index is 15.0. The van der Waals surface area contributed by atoms with Crippen LogP contribution in [0.25, 0.3) is 0 Å². The second-order valence-corrected chi connectivity index (χ2v) is 18.1. The van der Waals surface area contributed by atoms with Crippen molar-refractivity contribution in [1.29, 1.82) is 0 Å². The summed E-state index contributed by atoms with van der Waals surface area (Å²) in [6.45, 7) is 3.33. The van der Waals surface area contributed by atoms with Crippen molar-refractivity contribution in [2.24, 2.45) is 64.7 Å². The summed E-state index contributed by atoms with van der Waals surface area (Å²) in [5, 5.41) is 73.6. The number of nitrogens with one attached hydrogen (secondary N) is 2. The number of imide groups is 1. The molecule has 19 atom stereocenters. The van der Waals surface area contributed by atoms with Crippen molar-refractivity contribution in [1.82, 2.24) is 10.2 Å². The smallest absolute Gasteiger partial charge is 0.341 e. The standard InChI is InChI=1S/C41H66N6O13/c1-5-21-24(58-4)14-25(33-31(21)34(52)22-12-18(2)30(35(53)32(22)36(33)54)23(9-11-48)46-40(43)44-3)59-39-37(55)38(56)41(57,26(17-49)60-39)15-20(19-8-10-45-27(42)13-19)16-47-28(50)6-7-29(47)51/h6-7,18-27,30-33,35,37-39,45,48-49,53,55-57H,5,8-17,42H2,1-4H3,(H3,43,44,46)/p+2. The Morgan fingerprint density at radius 3 is 2.35 bits per heavy atom. The van der Waals surface area contributed by atoms with Gasteiger partial charge in [-0.1, -0.05) is 20.3 Å². The number of carbonyl (C=O) groups is 4. The van der Waals surface area contributed by atoms with Crippen LogP contribution in [0.1, 0.15) is 58.8 Å². The third kappa shape index (κ3) is 8.69. The van der Waals surface area contributed by atoms with E-state index in [4.69, 9.17) is 25.7 Å². The fourth-order valence-electron chi connectivity index (χ4n) is 11.9. The van der Waals surface area contributed by atoms with E-state index in [0.29, 0.717) is 32.2 Å². The highest BCUT2D eigenvalue weighted by Crippen LogP contribution is 2.53. The van der Waals surface area contributed by atoms with E-state index >= 15 is 0 Å². The van der Waals surface area contributed by atoms with Gasteiger partial charge in [0.25, 0.3) is 11.8 Å². The molecule has 2 amide bonds. The summed E-state index contributed by atoms with van der Waals surface area (Å²) >= 11 is 0. The molecule has 60 heavy (non-hydrogen) atoms. The van der Waals surface area contributed by atoms with Crippen molar-refractivity contribution in [2.45, 2.75) is 120 Å². The fourth-order valence-corrected chi connectivity index (χ4v) is 11.9. The van der Waals surface area contributed by atoms with Gasteiger partial charge in [-0.2, -0.15) is 0 Å². The van der Waals surface area contributed by atoms with Crippen molar-refractivity contribution in [3.8, 4) is 0 Å². The first kappa shape index (κ1) is 46.6. The van der Waals surface area contributed by atoms with Crippen LogP contribution in [0.5, 0.6) is 0 Å². The highest BCUT2D eigenvalue weighted by Gasteiger charge is 2.64. The van der Waals surface area contributed by atoms with Crippen LogP contribution in [0.15, 0.2) is 12.2 Å². The molecule has 3 saturated carbocycles. The Kier molecular flexibility index (Phi) is 14.9. The number of methoxy groups -OCH3 is 1. The number of rotatable bonds is 14. The molecule has 19 unspecified atom stereocenters. The molecule has 0 aromatic carbocycles. The molecule has 0 aromatic rings. The van der Waals surface area contributed by atoms with Gasteiger partial charge in [0.15, 0.2) is 6.29 Å². The molecule has 19 nitrogen and oxygen atoms in total. The predicted molar refractivity (Wildman–Crippen MR) is 210 cm³/mol. The quantitative estimate of drug-likeness (QED) is 0.0441. The Morgan fingerprint density at radius 1 is 1.05 bits per heavy atom. The number of ether oxygens (including phenoxy) is 3. The summed E-state index contributed by atoms with van der Waals surface area (Å²) in [5.74, 6) is -7.22. The molecule has 3 aliphatic carbocycles. The van der Waals surface area contributed by atoms with E-state index in [-0.39, 0.29) is 73.9 Å². The molecule has 0 spiro atoms. The SMILES string of the molecule is CCC1C(OC)CC(OC2OC(CO)C(O)(CC(CN3C(=O)C=CC3=O)C3CC[NH2+]C(N)C3)C(O)C2O)C2C(=O)C3C(CC(C)C(C(CCO)NC(N)=[NH+]C)C3O)C(=O)C12. The van der Waals surface area contributed by atoms with Crippen molar-refractivity contribution in [3.63, 3.8) is 0 Å². The van der Waals surface area contributed by atoms with Crippen LogP contribution < -0.4 is 27.1 Å². The number of quaternary nitrogens is 1. The number of nitrogens with zero attached hydrogens (tertiary/aromatic N) is 1. The van der Waals surface area contributed by atoms with Crippen molar-refractivity contribution in [2.75, 3.05) is 40.5 Å². The maximum absolute atomic E-state index is 15.0. The van der Waals surface area contributed by atoms with Crippen LogP contribution in [0.3, 0.4) is 0 Å². The van der Waals surface area contributed by atoms with Crippen LogP contribution in [-0.2, 0) is 33.4 Å². The van der Waals surface area contributed by atoms with Gasteiger partial charge in [-0.25, -0.2) is 0 Å². The summed E-state index contributed by atoms with van der Waals surface area (Å²) in [6, 6.07) is -0.532. The lowest BCUT2D eigenvalue weighted by molar-refractivity contribution is -0.699. The predicted octanol–water partition coefficient (Wildman–Crippen LogP) is -5.82. The molecule has 14 N–H and O–H groups in total. The molecule has 6 rings (SSSR count). The van der Waals surface area contributed by atoms with Gasteiger partial charge in [0.1, 0.15) is 41.6 Å². The van der Waals surface area contributed by atoms with E-state index < -0.39 is 108 Å². The lowest BCUT2D eigenvalue weighted by Gasteiger charge is -2.55. The van der Waals surface area contributed by atoms with Crippen LogP contribution in [0.4, 0.5) is 0 Å². The summed E-state index contributed by atoms with van der Waals surface area (Å²) in [4.78, 5) is 58.8. The van der Waals surface area contributed by atoms with E-state index in [1.54, 1.807) is 7.05 Å². The lowest BCUT2D eigenvalue weighted by Crippen LogP contribution is -2.94. The van der Waals surface area contributed by atoms with E-state index in [0.717, 1.165) is 17.1 Å². The van der Waals surface area contributed by atoms with Crippen LogP contribution in [-0.4, -0.2) is 166 Å². The second kappa shape index (κ2) is 19.2. The molecule has 3 heterocycles. The van der Waals surface area contributed by atoms with Crippen LogP contribution >= 0.6 is 0 Å². The molecule has 3 aliphatic heterocycles. The fraction of sp³-hybridized carbons (Fsp3) is 0.829. The zero-order valence-electron chi connectivity index (χ0n) is 35.0. The third-order valence-electron chi connectivity index (χ3n) is 14.9. The first-order chi connectivity index (χ1) is 28.5. The van der Waals surface area contributed by atoms with Gasteiger partial charge in [0.2, 0.25) is 0 Å². The van der Waals surface area contributed by atoms with E-state index in [1.807, 2.05) is 19.2 Å². The molecular formula is C41H68N6O13+2. The van der Waals surface area contributed by atoms with Gasteiger partial charge >= 0.3 is 5.96 Å². The molecule has 0 radical (unpaired) electrons.